The van der Waals surface area contributed by atoms with Gasteiger partial charge in [-0.2, -0.15) is 5.26 Å². The second kappa shape index (κ2) is 4.92. The molecule has 1 aliphatic carbocycles. The molecule has 0 aliphatic heterocycles. The summed E-state index contributed by atoms with van der Waals surface area (Å²) < 4.78 is 13.6. The lowest BCUT2D eigenvalue weighted by molar-refractivity contribution is 0.538. The molecular weight excluding hydrogens is 273 g/mol. The Morgan fingerprint density at radius 3 is 2.80 bits per heavy atom. The van der Waals surface area contributed by atoms with Crippen LogP contribution in [0.5, 0.6) is 0 Å². The van der Waals surface area contributed by atoms with Gasteiger partial charge in [0.2, 0.25) is 0 Å². The van der Waals surface area contributed by atoms with E-state index >= 15 is 0 Å². The summed E-state index contributed by atoms with van der Waals surface area (Å²) in [6, 6.07) is 15.2. The second-order valence-electron chi connectivity index (χ2n) is 5.24. The SMILES string of the molecule is N#CC1(Cc2cccc(F)c2Cl)CCc2ccccc21. The largest absolute Gasteiger partial charge is 0.205 e. The Hall–Kier alpha value is -1.85. The van der Waals surface area contributed by atoms with Gasteiger partial charge in [-0.3, -0.25) is 0 Å². The maximum atomic E-state index is 13.6. The average Bonchev–Trinajstić information content (AvgIpc) is 2.84. The van der Waals surface area contributed by atoms with E-state index in [1.165, 1.54) is 11.6 Å². The molecule has 0 aromatic heterocycles. The number of fused-ring (bicyclic) bond motifs is 1. The first-order chi connectivity index (χ1) is 9.66. The molecule has 0 saturated carbocycles. The van der Waals surface area contributed by atoms with Gasteiger partial charge in [-0.1, -0.05) is 48.0 Å². The summed E-state index contributed by atoms with van der Waals surface area (Å²) in [5.41, 5.74) is 2.38. The number of nitrogens with zero attached hydrogens (tertiary/aromatic N) is 1. The first-order valence-electron chi connectivity index (χ1n) is 6.59. The van der Waals surface area contributed by atoms with Crippen molar-refractivity contribution in [1.29, 1.82) is 5.26 Å². The molecule has 20 heavy (non-hydrogen) atoms. The summed E-state index contributed by atoms with van der Waals surface area (Å²) in [5, 5.41) is 9.83. The van der Waals surface area contributed by atoms with E-state index in [2.05, 4.69) is 12.1 Å². The van der Waals surface area contributed by atoms with Gasteiger partial charge in [-0.25, -0.2) is 4.39 Å². The molecule has 0 saturated heterocycles. The van der Waals surface area contributed by atoms with E-state index in [1.54, 1.807) is 12.1 Å². The lowest BCUT2D eigenvalue weighted by Gasteiger charge is -2.23. The molecule has 0 spiro atoms. The second-order valence-corrected chi connectivity index (χ2v) is 5.62. The Labute approximate surface area is 122 Å². The van der Waals surface area contributed by atoms with E-state index in [0.717, 1.165) is 18.4 Å². The molecule has 1 aliphatic rings. The van der Waals surface area contributed by atoms with Gasteiger partial charge in [-0.15, -0.1) is 0 Å². The molecule has 0 N–H and O–H groups in total. The van der Waals surface area contributed by atoms with E-state index in [9.17, 15) is 9.65 Å². The van der Waals surface area contributed by atoms with Gasteiger partial charge in [-0.05, 0) is 42.0 Å². The Bertz CT molecular complexity index is 704. The van der Waals surface area contributed by atoms with Gasteiger partial charge >= 0.3 is 0 Å². The number of hydrogen-bond donors (Lipinski definition) is 0. The van der Waals surface area contributed by atoms with Gasteiger partial charge in [0, 0.05) is 0 Å². The van der Waals surface area contributed by atoms with Gasteiger partial charge in [0.25, 0.3) is 0 Å². The van der Waals surface area contributed by atoms with Crippen molar-refractivity contribution in [3.63, 3.8) is 0 Å². The molecule has 2 aromatic rings. The van der Waals surface area contributed by atoms with Crippen LogP contribution in [0.1, 0.15) is 23.1 Å². The number of halogens is 2. The van der Waals surface area contributed by atoms with Crippen molar-refractivity contribution < 1.29 is 4.39 Å². The maximum Gasteiger partial charge on any atom is 0.142 e. The van der Waals surface area contributed by atoms with E-state index in [0.29, 0.717) is 12.0 Å². The fourth-order valence-corrected chi connectivity index (χ4v) is 3.23. The highest BCUT2D eigenvalue weighted by Crippen LogP contribution is 2.42. The number of nitriles is 1. The molecule has 0 bridgehead atoms. The van der Waals surface area contributed by atoms with Crippen LogP contribution < -0.4 is 0 Å². The van der Waals surface area contributed by atoms with Gasteiger partial charge in [0.15, 0.2) is 0 Å². The molecular formula is C17H13ClFN. The third kappa shape index (κ3) is 1.99. The summed E-state index contributed by atoms with van der Waals surface area (Å²) in [4.78, 5) is 0. The van der Waals surface area contributed by atoms with Crippen molar-refractivity contribution in [1.82, 2.24) is 0 Å². The van der Waals surface area contributed by atoms with Gasteiger partial charge < -0.3 is 0 Å². The molecule has 1 nitrogen and oxygen atoms in total. The van der Waals surface area contributed by atoms with Crippen molar-refractivity contribution in [3.05, 3.63) is 70.0 Å². The Balaban J connectivity index is 2.05. The van der Waals surface area contributed by atoms with Crippen LogP contribution in [0.15, 0.2) is 42.5 Å². The van der Waals surface area contributed by atoms with Crippen molar-refractivity contribution in [2.45, 2.75) is 24.7 Å². The number of aryl methyl sites for hydroxylation is 1. The first-order valence-corrected chi connectivity index (χ1v) is 6.97. The van der Waals surface area contributed by atoms with Crippen LogP contribution in [0.2, 0.25) is 5.02 Å². The normalized spacial score (nSPS) is 20.4. The summed E-state index contributed by atoms with van der Waals surface area (Å²) >= 11 is 6.03. The van der Waals surface area contributed by atoms with Crippen LogP contribution in [0.3, 0.4) is 0 Å². The van der Waals surface area contributed by atoms with Crippen LogP contribution in [-0.4, -0.2) is 0 Å². The summed E-state index contributed by atoms with van der Waals surface area (Å²) in [5.74, 6) is -0.427. The van der Waals surface area contributed by atoms with Crippen molar-refractivity contribution >= 4 is 11.6 Å². The maximum absolute atomic E-state index is 13.6. The van der Waals surface area contributed by atoms with E-state index in [1.807, 2.05) is 18.2 Å². The lowest BCUT2D eigenvalue weighted by Crippen LogP contribution is -2.24. The molecule has 0 fully saturated rings. The van der Waals surface area contributed by atoms with Crippen molar-refractivity contribution in [2.75, 3.05) is 0 Å². The van der Waals surface area contributed by atoms with Crippen LogP contribution in [-0.2, 0) is 18.3 Å². The predicted molar refractivity (Wildman–Crippen MR) is 77.2 cm³/mol. The monoisotopic (exact) mass is 285 g/mol. The predicted octanol–water partition coefficient (Wildman–Crippen LogP) is 4.43. The fourth-order valence-electron chi connectivity index (χ4n) is 3.04. The highest BCUT2D eigenvalue weighted by atomic mass is 35.5. The summed E-state index contributed by atoms with van der Waals surface area (Å²) in [6.45, 7) is 0. The standard InChI is InChI=1S/C17H13ClFN/c18-16-13(5-3-7-15(16)19)10-17(11-20)9-8-12-4-1-2-6-14(12)17/h1-7H,8-10H2. The third-order valence-electron chi connectivity index (χ3n) is 4.09. The average molecular weight is 286 g/mol. The van der Waals surface area contributed by atoms with Crippen LogP contribution in [0.25, 0.3) is 0 Å². The molecule has 2 aromatic carbocycles. The number of rotatable bonds is 2. The molecule has 1 unspecified atom stereocenters. The minimum Gasteiger partial charge on any atom is -0.205 e. The zero-order valence-corrected chi connectivity index (χ0v) is 11.6. The molecule has 100 valence electrons. The van der Waals surface area contributed by atoms with Crippen molar-refractivity contribution in [3.8, 4) is 6.07 Å². The molecule has 0 heterocycles. The highest BCUT2D eigenvalue weighted by molar-refractivity contribution is 6.31. The van der Waals surface area contributed by atoms with Gasteiger partial charge in [0.05, 0.1) is 16.5 Å². The van der Waals surface area contributed by atoms with E-state index in [4.69, 9.17) is 11.6 Å². The lowest BCUT2D eigenvalue weighted by atomic mass is 9.78. The summed E-state index contributed by atoms with van der Waals surface area (Å²) in [6.07, 6.45) is 2.10. The Morgan fingerprint density at radius 2 is 2.00 bits per heavy atom. The zero-order chi connectivity index (χ0) is 14.2. The molecule has 3 heteroatoms. The topological polar surface area (TPSA) is 23.8 Å². The first kappa shape index (κ1) is 13.1. The van der Waals surface area contributed by atoms with E-state index < -0.39 is 11.2 Å². The smallest absolute Gasteiger partial charge is 0.142 e. The number of benzene rings is 2. The molecule has 3 rings (SSSR count). The minimum absolute atomic E-state index is 0.131. The quantitative estimate of drug-likeness (QED) is 0.801. The van der Waals surface area contributed by atoms with Crippen molar-refractivity contribution in [2.24, 2.45) is 0 Å². The van der Waals surface area contributed by atoms with Crippen LogP contribution in [0.4, 0.5) is 4.39 Å². The zero-order valence-electron chi connectivity index (χ0n) is 10.9. The van der Waals surface area contributed by atoms with Crippen LogP contribution in [0, 0.1) is 17.1 Å². The van der Waals surface area contributed by atoms with Crippen LogP contribution >= 0.6 is 11.6 Å². The third-order valence-corrected chi connectivity index (χ3v) is 4.52. The van der Waals surface area contributed by atoms with Gasteiger partial charge in [0.1, 0.15) is 5.82 Å². The minimum atomic E-state index is -0.589. The summed E-state index contributed by atoms with van der Waals surface area (Å²) in [7, 11) is 0. The Morgan fingerprint density at radius 1 is 1.20 bits per heavy atom. The molecule has 0 amide bonds. The number of hydrogen-bond acceptors (Lipinski definition) is 1. The van der Waals surface area contributed by atoms with E-state index in [-0.39, 0.29) is 5.02 Å². The Kier molecular flexibility index (Phi) is 3.23. The highest BCUT2D eigenvalue weighted by Gasteiger charge is 2.39. The molecule has 1 atom stereocenters. The fraction of sp³-hybridized carbons (Fsp3) is 0.235. The molecule has 0 radical (unpaired) electrons.